The average molecular weight is 294 g/mol. The number of piperidine rings is 1. The first-order valence-corrected chi connectivity index (χ1v) is 7.66. The van der Waals surface area contributed by atoms with Crippen LogP contribution in [-0.2, 0) is 10.0 Å². The van der Waals surface area contributed by atoms with Gasteiger partial charge in [0.05, 0.1) is 14.9 Å². The van der Waals surface area contributed by atoms with Gasteiger partial charge in [-0.3, -0.25) is 0 Å². The van der Waals surface area contributed by atoms with Crippen molar-refractivity contribution in [2.75, 3.05) is 13.1 Å². The molecule has 0 aliphatic carbocycles. The summed E-state index contributed by atoms with van der Waals surface area (Å²) < 4.78 is 26.1. The summed E-state index contributed by atoms with van der Waals surface area (Å²) in [6.07, 6.45) is 2.93. The van der Waals surface area contributed by atoms with Gasteiger partial charge in [0.15, 0.2) is 0 Å². The molecule has 0 amide bonds. The molecule has 3 nitrogen and oxygen atoms in total. The maximum Gasteiger partial charge on any atom is 0.243 e. The average Bonchev–Trinajstić information content (AvgIpc) is 2.33. The molecule has 0 radical (unpaired) electrons. The molecule has 1 aliphatic heterocycles. The van der Waals surface area contributed by atoms with E-state index in [2.05, 4.69) is 0 Å². The predicted molar refractivity (Wildman–Crippen MR) is 69.1 cm³/mol. The molecule has 1 fully saturated rings. The Morgan fingerprint density at radius 1 is 1.00 bits per heavy atom. The highest BCUT2D eigenvalue weighted by atomic mass is 35.5. The summed E-state index contributed by atoms with van der Waals surface area (Å²) in [7, 11) is -3.41. The standard InChI is InChI=1S/C11H13Cl2NO2S/c12-10-5-4-9(8-11(10)13)17(15,16)14-6-2-1-3-7-14/h4-5,8H,1-3,6-7H2. The quantitative estimate of drug-likeness (QED) is 0.840. The highest BCUT2D eigenvalue weighted by molar-refractivity contribution is 7.89. The fourth-order valence-corrected chi connectivity index (χ4v) is 3.80. The summed E-state index contributed by atoms with van der Waals surface area (Å²) in [6.45, 7) is 1.17. The van der Waals surface area contributed by atoms with Gasteiger partial charge in [-0.25, -0.2) is 8.42 Å². The van der Waals surface area contributed by atoms with Gasteiger partial charge in [-0.05, 0) is 31.0 Å². The van der Waals surface area contributed by atoms with Crippen LogP contribution in [0.3, 0.4) is 0 Å². The van der Waals surface area contributed by atoms with E-state index in [4.69, 9.17) is 23.2 Å². The van der Waals surface area contributed by atoms with Gasteiger partial charge in [0.25, 0.3) is 0 Å². The van der Waals surface area contributed by atoms with Gasteiger partial charge < -0.3 is 0 Å². The van der Waals surface area contributed by atoms with Gasteiger partial charge in [-0.2, -0.15) is 4.31 Å². The summed E-state index contributed by atoms with van der Waals surface area (Å²) >= 11 is 11.6. The van der Waals surface area contributed by atoms with E-state index in [0.29, 0.717) is 18.1 Å². The number of sulfonamides is 1. The van der Waals surface area contributed by atoms with Crippen LogP contribution in [0.1, 0.15) is 19.3 Å². The van der Waals surface area contributed by atoms with E-state index in [1.54, 1.807) is 0 Å². The van der Waals surface area contributed by atoms with Gasteiger partial charge in [-0.1, -0.05) is 29.6 Å². The minimum absolute atomic E-state index is 0.216. The highest BCUT2D eigenvalue weighted by Gasteiger charge is 2.26. The lowest BCUT2D eigenvalue weighted by Crippen LogP contribution is -2.35. The third kappa shape index (κ3) is 2.76. The van der Waals surface area contributed by atoms with Crippen LogP contribution in [0.2, 0.25) is 10.0 Å². The second kappa shape index (κ2) is 5.14. The molecule has 2 rings (SSSR count). The van der Waals surface area contributed by atoms with Gasteiger partial charge in [0.2, 0.25) is 10.0 Å². The van der Waals surface area contributed by atoms with Crippen LogP contribution >= 0.6 is 23.2 Å². The lowest BCUT2D eigenvalue weighted by Gasteiger charge is -2.25. The molecule has 1 saturated heterocycles. The third-order valence-corrected chi connectivity index (χ3v) is 5.48. The van der Waals surface area contributed by atoms with Crippen LogP contribution in [0.5, 0.6) is 0 Å². The molecule has 0 atom stereocenters. The topological polar surface area (TPSA) is 37.4 Å². The molecule has 94 valence electrons. The molecule has 1 aromatic carbocycles. The van der Waals surface area contributed by atoms with Gasteiger partial charge in [0.1, 0.15) is 0 Å². The van der Waals surface area contributed by atoms with Crippen LogP contribution in [-0.4, -0.2) is 25.8 Å². The number of rotatable bonds is 2. The molecule has 17 heavy (non-hydrogen) atoms. The minimum Gasteiger partial charge on any atom is -0.207 e. The van der Waals surface area contributed by atoms with Crippen molar-refractivity contribution in [3.05, 3.63) is 28.2 Å². The summed E-state index contributed by atoms with van der Waals surface area (Å²) in [5.74, 6) is 0. The van der Waals surface area contributed by atoms with Crippen molar-refractivity contribution in [3.63, 3.8) is 0 Å². The fraction of sp³-hybridized carbons (Fsp3) is 0.455. The number of nitrogens with zero attached hydrogens (tertiary/aromatic N) is 1. The Balaban J connectivity index is 2.33. The molecule has 0 saturated carbocycles. The molecule has 0 spiro atoms. The molecule has 0 aromatic heterocycles. The SMILES string of the molecule is O=S(=O)(c1ccc(Cl)c(Cl)c1)N1CCCCC1. The lowest BCUT2D eigenvalue weighted by atomic mass is 10.2. The zero-order valence-corrected chi connectivity index (χ0v) is 11.5. The van der Waals surface area contributed by atoms with Crippen molar-refractivity contribution in [2.24, 2.45) is 0 Å². The van der Waals surface area contributed by atoms with E-state index in [0.717, 1.165) is 19.3 Å². The van der Waals surface area contributed by atoms with E-state index in [1.807, 2.05) is 0 Å². The number of benzene rings is 1. The molecule has 1 aromatic rings. The Labute approximate surface area is 111 Å². The van der Waals surface area contributed by atoms with Gasteiger partial charge >= 0.3 is 0 Å². The van der Waals surface area contributed by atoms with E-state index >= 15 is 0 Å². The van der Waals surface area contributed by atoms with E-state index < -0.39 is 10.0 Å². The summed E-state index contributed by atoms with van der Waals surface area (Å²) in [4.78, 5) is 0.216. The minimum atomic E-state index is -3.41. The molecule has 6 heteroatoms. The van der Waals surface area contributed by atoms with Crippen molar-refractivity contribution in [1.82, 2.24) is 4.31 Å². The normalized spacial score (nSPS) is 18.2. The Morgan fingerprint density at radius 2 is 1.65 bits per heavy atom. The smallest absolute Gasteiger partial charge is 0.207 e. The number of hydrogen-bond donors (Lipinski definition) is 0. The molecule has 0 N–H and O–H groups in total. The number of halogens is 2. The Bertz CT molecular complexity index is 510. The van der Waals surface area contributed by atoms with Gasteiger partial charge in [0, 0.05) is 13.1 Å². The van der Waals surface area contributed by atoms with Crippen LogP contribution < -0.4 is 0 Å². The van der Waals surface area contributed by atoms with E-state index in [9.17, 15) is 8.42 Å². The van der Waals surface area contributed by atoms with E-state index in [-0.39, 0.29) is 9.92 Å². The predicted octanol–water partition coefficient (Wildman–Crippen LogP) is 3.17. The fourth-order valence-electron chi connectivity index (χ4n) is 1.89. The molecular weight excluding hydrogens is 281 g/mol. The summed E-state index contributed by atoms with van der Waals surface area (Å²) in [5.41, 5.74) is 0. The second-order valence-electron chi connectivity index (χ2n) is 4.04. The maximum absolute atomic E-state index is 12.3. The first-order chi connectivity index (χ1) is 8.01. The highest BCUT2D eigenvalue weighted by Crippen LogP contribution is 2.27. The molecule has 1 heterocycles. The molecule has 0 unspecified atom stereocenters. The largest absolute Gasteiger partial charge is 0.243 e. The lowest BCUT2D eigenvalue weighted by molar-refractivity contribution is 0.346. The maximum atomic E-state index is 12.3. The van der Waals surface area contributed by atoms with Crippen LogP contribution in [0.15, 0.2) is 23.1 Å². The van der Waals surface area contributed by atoms with Gasteiger partial charge in [-0.15, -0.1) is 0 Å². The van der Waals surface area contributed by atoms with Crippen LogP contribution in [0.25, 0.3) is 0 Å². The summed E-state index contributed by atoms with van der Waals surface area (Å²) in [6, 6.07) is 4.42. The third-order valence-electron chi connectivity index (χ3n) is 2.84. The van der Waals surface area contributed by atoms with Crippen molar-refractivity contribution >= 4 is 33.2 Å². The van der Waals surface area contributed by atoms with Crippen molar-refractivity contribution in [2.45, 2.75) is 24.2 Å². The zero-order chi connectivity index (χ0) is 12.5. The summed E-state index contributed by atoms with van der Waals surface area (Å²) in [5, 5.41) is 0.633. The molecule has 1 aliphatic rings. The van der Waals surface area contributed by atoms with Crippen molar-refractivity contribution in [1.29, 1.82) is 0 Å². The molecule has 0 bridgehead atoms. The Hall–Kier alpha value is -0.290. The van der Waals surface area contributed by atoms with Crippen molar-refractivity contribution in [3.8, 4) is 0 Å². The molecular formula is C11H13Cl2NO2S. The zero-order valence-electron chi connectivity index (χ0n) is 9.20. The van der Waals surface area contributed by atoms with Crippen LogP contribution in [0, 0.1) is 0 Å². The number of hydrogen-bond acceptors (Lipinski definition) is 2. The van der Waals surface area contributed by atoms with E-state index in [1.165, 1.54) is 22.5 Å². The Kier molecular flexibility index (Phi) is 3.98. The Morgan fingerprint density at radius 3 is 2.24 bits per heavy atom. The van der Waals surface area contributed by atoms with Crippen LogP contribution in [0.4, 0.5) is 0 Å². The first-order valence-electron chi connectivity index (χ1n) is 5.47. The monoisotopic (exact) mass is 293 g/mol. The second-order valence-corrected chi connectivity index (χ2v) is 6.79. The van der Waals surface area contributed by atoms with Crippen molar-refractivity contribution < 1.29 is 8.42 Å². The first kappa shape index (κ1) is 13.1.